The van der Waals surface area contributed by atoms with E-state index in [4.69, 9.17) is 4.74 Å². The van der Waals surface area contributed by atoms with Crippen LogP contribution in [0.3, 0.4) is 0 Å². The Kier molecular flexibility index (Phi) is 4.88. The number of ketones is 1. The monoisotopic (exact) mass is 234 g/mol. The first kappa shape index (κ1) is 13.9. The van der Waals surface area contributed by atoms with Crippen molar-refractivity contribution >= 4 is 5.78 Å². The summed E-state index contributed by atoms with van der Waals surface area (Å²) in [6.45, 7) is 6.00. The molecular formula is C15H22O2. The molecule has 0 atom stereocenters. The van der Waals surface area contributed by atoms with Crippen molar-refractivity contribution < 1.29 is 9.53 Å². The van der Waals surface area contributed by atoms with Crippen LogP contribution in [0.25, 0.3) is 0 Å². The molecule has 0 aliphatic heterocycles. The highest BCUT2D eigenvalue weighted by atomic mass is 16.5. The van der Waals surface area contributed by atoms with Crippen LogP contribution in [-0.2, 0) is 11.2 Å². The largest absolute Gasteiger partial charge is 0.378 e. The smallest absolute Gasteiger partial charge is 0.165 e. The van der Waals surface area contributed by atoms with Crippen LogP contribution in [0.1, 0.15) is 49.5 Å². The standard InChI is InChI=1S/C15H22O2/c1-5-7-12-8-6-9-13(10-12)14(16)11-15(2,3)17-4/h6,8-10H,5,7,11H2,1-4H3. The first-order valence-corrected chi connectivity index (χ1v) is 6.16. The molecule has 2 nitrogen and oxygen atoms in total. The Morgan fingerprint density at radius 2 is 2.06 bits per heavy atom. The summed E-state index contributed by atoms with van der Waals surface area (Å²) in [5.41, 5.74) is 1.63. The molecule has 0 unspecified atom stereocenters. The molecular weight excluding hydrogens is 212 g/mol. The zero-order valence-electron chi connectivity index (χ0n) is 11.2. The molecule has 94 valence electrons. The Bertz CT molecular complexity index is 380. The van der Waals surface area contributed by atoms with Gasteiger partial charge in [0.05, 0.1) is 5.60 Å². The topological polar surface area (TPSA) is 26.3 Å². The number of aryl methyl sites for hydroxylation is 1. The molecule has 0 saturated heterocycles. The van der Waals surface area contributed by atoms with E-state index in [1.165, 1.54) is 5.56 Å². The van der Waals surface area contributed by atoms with E-state index in [1.807, 2.05) is 32.0 Å². The highest BCUT2D eigenvalue weighted by Gasteiger charge is 2.21. The second kappa shape index (κ2) is 5.97. The zero-order chi connectivity index (χ0) is 12.9. The van der Waals surface area contributed by atoms with Gasteiger partial charge in [-0.15, -0.1) is 0 Å². The molecule has 0 aromatic heterocycles. The Hall–Kier alpha value is -1.15. The minimum absolute atomic E-state index is 0.148. The summed E-state index contributed by atoms with van der Waals surface area (Å²) in [5, 5.41) is 0. The van der Waals surface area contributed by atoms with Crippen molar-refractivity contribution in [2.75, 3.05) is 7.11 Å². The summed E-state index contributed by atoms with van der Waals surface area (Å²) in [6, 6.07) is 7.91. The predicted molar refractivity (Wildman–Crippen MR) is 70.5 cm³/mol. The van der Waals surface area contributed by atoms with Gasteiger partial charge in [-0.05, 0) is 31.9 Å². The molecule has 1 aromatic carbocycles. The number of hydrogen-bond acceptors (Lipinski definition) is 2. The van der Waals surface area contributed by atoms with E-state index in [1.54, 1.807) is 7.11 Å². The van der Waals surface area contributed by atoms with Crippen LogP contribution in [0.4, 0.5) is 0 Å². The molecule has 1 aromatic rings. The fourth-order valence-corrected chi connectivity index (χ4v) is 1.75. The van der Waals surface area contributed by atoms with Gasteiger partial charge in [-0.3, -0.25) is 4.79 Å². The summed E-state index contributed by atoms with van der Waals surface area (Å²) in [7, 11) is 1.64. The quantitative estimate of drug-likeness (QED) is 0.702. The highest BCUT2D eigenvalue weighted by Crippen LogP contribution is 2.18. The average Bonchev–Trinajstić information content (AvgIpc) is 2.29. The van der Waals surface area contributed by atoms with E-state index in [0.717, 1.165) is 18.4 Å². The van der Waals surface area contributed by atoms with Crippen molar-refractivity contribution in [1.29, 1.82) is 0 Å². The lowest BCUT2D eigenvalue weighted by atomic mass is 9.96. The number of carbonyl (C=O) groups excluding carboxylic acids is 1. The van der Waals surface area contributed by atoms with Crippen LogP contribution in [0.5, 0.6) is 0 Å². The number of Topliss-reactive ketones (excluding diaryl/α,β-unsaturated/α-hetero) is 1. The predicted octanol–water partition coefficient (Wildman–Crippen LogP) is 3.64. The SMILES string of the molecule is CCCc1cccc(C(=O)CC(C)(C)OC)c1. The summed E-state index contributed by atoms with van der Waals surface area (Å²) in [5.74, 6) is 0.148. The minimum atomic E-state index is -0.391. The van der Waals surface area contributed by atoms with Crippen LogP contribution in [0.15, 0.2) is 24.3 Å². The van der Waals surface area contributed by atoms with Crippen LogP contribution >= 0.6 is 0 Å². The molecule has 0 bridgehead atoms. The summed E-state index contributed by atoms with van der Waals surface area (Å²) >= 11 is 0. The summed E-state index contributed by atoms with van der Waals surface area (Å²) in [4.78, 5) is 12.1. The maximum atomic E-state index is 12.1. The van der Waals surface area contributed by atoms with Gasteiger partial charge in [0.15, 0.2) is 5.78 Å². The maximum absolute atomic E-state index is 12.1. The van der Waals surface area contributed by atoms with Crippen LogP contribution in [0.2, 0.25) is 0 Å². The van der Waals surface area contributed by atoms with Crippen molar-refractivity contribution in [2.45, 2.75) is 45.6 Å². The third-order valence-corrected chi connectivity index (χ3v) is 2.93. The van der Waals surface area contributed by atoms with Gasteiger partial charge in [0, 0.05) is 19.1 Å². The lowest BCUT2D eigenvalue weighted by Crippen LogP contribution is -2.26. The van der Waals surface area contributed by atoms with E-state index in [2.05, 4.69) is 13.0 Å². The van der Waals surface area contributed by atoms with Gasteiger partial charge in [-0.1, -0.05) is 31.5 Å². The molecule has 0 amide bonds. The lowest BCUT2D eigenvalue weighted by Gasteiger charge is -2.21. The summed E-state index contributed by atoms with van der Waals surface area (Å²) < 4.78 is 5.29. The number of methoxy groups -OCH3 is 1. The summed E-state index contributed by atoms with van der Waals surface area (Å²) in [6.07, 6.45) is 2.54. The number of rotatable bonds is 6. The molecule has 0 heterocycles. The Balaban J connectivity index is 2.78. The van der Waals surface area contributed by atoms with Gasteiger partial charge in [-0.2, -0.15) is 0 Å². The van der Waals surface area contributed by atoms with Gasteiger partial charge in [0.2, 0.25) is 0 Å². The van der Waals surface area contributed by atoms with Crippen LogP contribution < -0.4 is 0 Å². The van der Waals surface area contributed by atoms with Crippen molar-refractivity contribution in [3.8, 4) is 0 Å². The Morgan fingerprint density at radius 1 is 1.35 bits per heavy atom. The van der Waals surface area contributed by atoms with Crippen molar-refractivity contribution in [2.24, 2.45) is 0 Å². The fraction of sp³-hybridized carbons (Fsp3) is 0.533. The van der Waals surface area contributed by atoms with E-state index >= 15 is 0 Å². The molecule has 0 fully saturated rings. The van der Waals surface area contributed by atoms with E-state index in [-0.39, 0.29) is 5.78 Å². The van der Waals surface area contributed by atoms with E-state index < -0.39 is 5.60 Å². The van der Waals surface area contributed by atoms with E-state index in [9.17, 15) is 4.79 Å². The van der Waals surface area contributed by atoms with Gasteiger partial charge in [-0.25, -0.2) is 0 Å². The van der Waals surface area contributed by atoms with Gasteiger partial charge >= 0.3 is 0 Å². The highest BCUT2D eigenvalue weighted by molar-refractivity contribution is 5.96. The maximum Gasteiger partial charge on any atom is 0.165 e. The van der Waals surface area contributed by atoms with Crippen molar-refractivity contribution in [1.82, 2.24) is 0 Å². The van der Waals surface area contributed by atoms with Gasteiger partial charge in [0.1, 0.15) is 0 Å². The van der Waals surface area contributed by atoms with Crippen LogP contribution in [0, 0.1) is 0 Å². The molecule has 0 spiro atoms. The molecule has 17 heavy (non-hydrogen) atoms. The van der Waals surface area contributed by atoms with Gasteiger partial charge in [0.25, 0.3) is 0 Å². The molecule has 2 heteroatoms. The van der Waals surface area contributed by atoms with Crippen molar-refractivity contribution in [3.05, 3.63) is 35.4 Å². The average molecular weight is 234 g/mol. The second-order valence-corrected chi connectivity index (χ2v) is 5.01. The second-order valence-electron chi connectivity index (χ2n) is 5.01. The Morgan fingerprint density at radius 3 is 2.65 bits per heavy atom. The van der Waals surface area contributed by atoms with Gasteiger partial charge < -0.3 is 4.74 Å². The molecule has 0 N–H and O–H groups in total. The number of carbonyl (C=O) groups is 1. The molecule has 0 aliphatic carbocycles. The van der Waals surface area contributed by atoms with Crippen LogP contribution in [-0.4, -0.2) is 18.5 Å². The minimum Gasteiger partial charge on any atom is -0.378 e. The fourth-order valence-electron chi connectivity index (χ4n) is 1.75. The Labute approximate surface area is 104 Å². The first-order valence-electron chi connectivity index (χ1n) is 6.16. The zero-order valence-corrected chi connectivity index (χ0v) is 11.2. The molecule has 1 rings (SSSR count). The molecule has 0 aliphatic rings. The molecule has 0 radical (unpaired) electrons. The van der Waals surface area contributed by atoms with Crippen molar-refractivity contribution in [3.63, 3.8) is 0 Å². The molecule has 0 saturated carbocycles. The normalized spacial score (nSPS) is 11.5. The number of ether oxygens (including phenoxy) is 1. The third kappa shape index (κ3) is 4.31. The lowest BCUT2D eigenvalue weighted by molar-refractivity contribution is 0.0172. The third-order valence-electron chi connectivity index (χ3n) is 2.93. The number of benzene rings is 1. The first-order chi connectivity index (χ1) is 7.98. The number of hydrogen-bond donors (Lipinski definition) is 0. The van der Waals surface area contributed by atoms with E-state index in [0.29, 0.717) is 6.42 Å².